The Hall–Kier alpha value is -2.35. The second-order valence-electron chi connectivity index (χ2n) is 9.08. The fraction of sp³-hybridized carbons (Fsp3) is 0.625. The number of fused-ring (bicyclic) bond motifs is 2. The van der Waals surface area contributed by atoms with Crippen molar-refractivity contribution in [1.82, 2.24) is 5.32 Å². The lowest BCUT2D eigenvalue weighted by atomic mass is 9.66. The van der Waals surface area contributed by atoms with E-state index < -0.39 is 6.04 Å². The van der Waals surface area contributed by atoms with Gasteiger partial charge in [0.25, 0.3) is 0 Å². The standard InChI is InChI=1S/C24H31N3O2/c1-17-10-11-20-19(16-17)24(13-6-3-7-14-24)22(27(20)21(28)12-15-25)23(29)26-18-8-4-2-5-9-18/h10-11,16,18,22H,2-9,12-14H2,1H3,(H,26,29). The lowest BCUT2D eigenvalue weighted by Crippen LogP contribution is -2.58. The molecular weight excluding hydrogens is 362 g/mol. The van der Waals surface area contributed by atoms with Gasteiger partial charge in [0.15, 0.2) is 0 Å². The zero-order valence-corrected chi connectivity index (χ0v) is 17.4. The number of nitrogens with zero attached hydrogens (tertiary/aromatic N) is 2. The van der Waals surface area contributed by atoms with Gasteiger partial charge in [-0.1, -0.05) is 56.2 Å². The molecule has 2 fully saturated rings. The van der Waals surface area contributed by atoms with Gasteiger partial charge in [0.2, 0.25) is 11.8 Å². The van der Waals surface area contributed by atoms with Gasteiger partial charge in [-0.2, -0.15) is 5.26 Å². The quantitative estimate of drug-likeness (QED) is 0.833. The van der Waals surface area contributed by atoms with E-state index >= 15 is 0 Å². The predicted octanol–water partition coefficient (Wildman–Crippen LogP) is 4.27. The second-order valence-corrected chi connectivity index (χ2v) is 9.08. The largest absolute Gasteiger partial charge is 0.352 e. The van der Waals surface area contributed by atoms with E-state index in [0.717, 1.165) is 68.2 Å². The topological polar surface area (TPSA) is 73.2 Å². The molecule has 2 amide bonds. The third kappa shape index (κ3) is 3.54. The Morgan fingerprint density at radius 1 is 1.14 bits per heavy atom. The monoisotopic (exact) mass is 393 g/mol. The Bertz CT molecular complexity index is 829. The van der Waals surface area contributed by atoms with E-state index in [2.05, 4.69) is 18.3 Å². The van der Waals surface area contributed by atoms with Gasteiger partial charge in [-0.15, -0.1) is 0 Å². The minimum Gasteiger partial charge on any atom is -0.352 e. The van der Waals surface area contributed by atoms with Crippen molar-refractivity contribution < 1.29 is 9.59 Å². The molecular formula is C24H31N3O2. The van der Waals surface area contributed by atoms with E-state index in [1.165, 1.54) is 12.8 Å². The van der Waals surface area contributed by atoms with Crippen LogP contribution in [-0.4, -0.2) is 23.9 Å². The Morgan fingerprint density at radius 3 is 2.52 bits per heavy atom. The van der Waals surface area contributed by atoms with Crippen molar-refractivity contribution in [2.24, 2.45) is 0 Å². The Labute approximate surface area is 173 Å². The number of aryl methyl sites for hydroxylation is 1. The maximum Gasteiger partial charge on any atom is 0.244 e. The number of benzene rings is 1. The van der Waals surface area contributed by atoms with Crippen LogP contribution < -0.4 is 10.2 Å². The molecule has 154 valence electrons. The molecule has 2 aliphatic carbocycles. The molecule has 1 spiro atoms. The number of nitrogens with one attached hydrogen (secondary N) is 1. The zero-order chi connectivity index (χ0) is 20.4. The molecule has 1 unspecified atom stereocenters. The van der Waals surface area contributed by atoms with Crippen molar-refractivity contribution in [2.75, 3.05) is 4.90 Å². The molecule has 5 nitrogen and oxygen atoms in total. The lowest BCUT2D eigenvalue weighted by Gasteiger charge is -2.41. The first-order chi connectivity index (χ1) is 14.1. The molecule has 0 saturated heterocycles. The fourth-order valence-electron chi connectivity index (χ4n) is 5.84. The molecule has 1 N–H and O–H groups in total. The minimum absolute atomic E-state index is 0.0288. The third-order valence-electron chi connectivity index (χ3n) is 7.17. The molecule has 0 aromatic heterocycles. The molecule has 1 aliphatic heterocycles. The van der Waals surface area contributed by atoms with Crippen molar-refractivity contribution in [1.29, 1.82) is 5.26 Å². The summed E-state index contributed by atoms with van der Waals surface area (Å²) in [7, 11) is 0. The maximum absolute atomic E-state index is 13.7. The van der Waals surface area contributed by atoms with Gasteiger partial charge in [-0.05, 0) is 44.2 Å². The highest BCUT2D eigenvalue weighted by molar-refractivity contribution is 6.05. The molecule has 1 atom stereocenters. The summed E-state index contributed by atoms with van der Waals surface area (Å²) in [5, 5.41) is 12.5. The average molecular weight is 394 g/mol. The molecule has 5 heteroatoms. The van der Waals surface area contributed by atoms with Crippen LogP contribution in [0.5, 0.6) is 0 Å². The molecule has 1 heterocycles. The maximum atomic E-state index is 13.7. The summed E-state index contributed by atoms with van der Waals surface area (Å²) in [4.78, 5) is 28.4. The van der Waals surface area contributed by atoms with Gasteiger partial charge < -0.3 is 5.32 Å². The van der Waals surface area contributed by atoms with Gasteiger partial charge in [0.1, 0.15) is 12.5 Å². The Morgan fingerprint density at radius 2 is 1.83 bits per heavy atom. The lowest BCUT2D eigenvalue weighted by molar-refractivity contribution is -0.128. The van der Waals surface area contributed by atoms with Crippen LogP contribution in [0, 0.1) is 18.3 Å². The van der Waals surface area contributed by atoms with Crippen molar-refractivity contribution in [3.63, 3.8) is 0 Å². The van der Waals surface area contributed by atoms with Gasteiger partial charge in [-0.25, -0.2) is 0 Å². The summed E-state index contributed by atoms with van der Waals surface area (Å²) in [5.41, 5.74) is 2.78. The number of rotatable bonds is 3. The van der Waals surface area contributed by atoms with Crippen LogP contribution in [-0.2, 0) is 15.0 Å². The smallest absolute Gasteiger partial charge is 0.244 e. The highest BCUT2D eigenvalue weighted by Crippen LogP contribution is 2.53. The van der Waals surface area contributed by atoms with Crippen LogP contribution >= 0.6 is 0 Å². The molecule has 3 aliphatic rings. The van der Waals surface area contributed by atoms with Crippen LogP contribution in [0.3, 0.4) is 0 Å². The number of nitriles is 1. The zero-order valence-electron chi connectivity index (χ0n) is 17.4. The van der Waals surface area contributed by atoms with E-state index in [9.17, 15) is 14.9 Å². The number of amides is 2. The molecule has 4 rings (SSSR count). The van der Waals surface area contributed by atoms with Crippen molar-refractivity contribution in [3.8, 4) is 6.07 Å². The molecule has 0 radical (unpaired) electrons. The van der Waals surface area contributed by atoms with E-state index in [0.29, 0.717) is 0 Å². The van der Waals surface area contributed by atoms with E-state index in [-0.39, 0.29) is 29.7 Å². The summed E-state index contributed by atoms with van der Waals surface area (Å²) in [5.74, 6) is -0.289. The van der Waals surface area contributed by atoms with Crippen molar-refractivity contribution >= 4 is 17.5 Å². The summed E-state index contributed by atoms with van der Waals surface area (Å²) >= 11 is 0. The molecule has 2 saturated carbocycles. The molecule has 0 bridgehead atoms. The van der Waals surface area contributed by atoms with E-state index in [1.807, 2.05) is 18.2 Å². The summed E-state index contributed by atoms with van der Waals surface area (Å²) in [6.45, 7) is 2.06. The average Bonchev–Trinajstić information content (AvgIpc) is 2.99. The van der Waals surface area contributed by atoms with E-state index in [4.69, 9.17) is 0 Å². The molecule has 1 aromatic carbocycles. The van der Waals surface area contributed by atoms with Crippen LogP contribution in [0.25, 0.3) is 0 Å². The van der Waals surface area contributed by atoms with Crippen molar-refractivity contribution in [2.45, 2.75) is 95.1 Å². The number of carbonyl (C=O) groups is 2. The van der Waals surface area contributed by atoms with Gasteiger partial charge in [0.05, 0.1) is 6.07 Å². The number of hydrogen-bond donors (Lipinski definition) is 1. The number of carbonyl (C=O) groups excluding carboxylic acids is 2. The number of anilines is 1. The Kier molecular flexibility index (Phi) is 5.63. The first-order valence-electron chi connectivity index (χ1n) is 11.2. The normalized spacial score (nSPS) is 23.4. The highest BCUT2D eigenvalue weighted by atomic mass is 16.2. The van der Waals surface area contributed by atoms with Crippen LogP contribution in [0.4, 0.5) is 5.69 Å². The summed E-state index contributed by atoms with van der Waals surface area (Å²) in [6, 6.07) is 7.81. The first-order valence-corrected chi connectivity index (χ1v) is 11.2. The minimum atomic E-state index is -0.539. The highest BCUT2D eigenvalue weighted by Gasteiger charge is 2.56. The van der Waals surface area contributed by atoms with Gasteiger partial charge in [0, 0.05) is 17.1 Å². The van der Waals surface area contributed by atoms with Crippen LogP contribution in [0.2, 0.25) is 0 Å². The first kappa shape index (κ1) is 19.9. The predicted molar refractivity (Wildman–Crippen MR) is 112 cm³/mol. The fourth-order valence-corrected chi connectivity index (χ4v) is 5.84. The Balaban J connectivity index is 1.76. The second kappa shape index (κ2) is 8.18. The summed E-state index contributed by atoms with van der Waals surface area (Å²) in [6.07, 6.45) is 10.5. The molecule has 29 heavy (non-hydrogen) atoms. The van der Waals surface area contributed by atoms with Gasteiger partial charge in [-0.3, -0.25) is 14.5 Å². The molecule has 1 aromatic rings. The SMILES string of the molecule is Cc1ccc2c(c1)C1(CCCCC1)C(C(=O)NC1CCCCC1)N2C(=O)CC#N. The number of hydrogen-bond acceptors (Lipinski definition) is 3. The van der Waals surface area contributed by atoms with Crippen molar-refractivity contribution in [3.05, 3.63) is 29.3 Å². The van der Waals surface area contributed by atoms with E-state index in [1.54, 1.807) is 4.90 Å². The van der Waals surface area contributed by atoms with Gasteiger partial charge >= 0.3 is 0 Å². The third-order valence-corrected chi connectivity index (χ3v) is 7.17. The van der Waals surface area contributed by atoms with Crippen LogP contribution in [0.15, 0.2) is 18.2 Å². The summed E-state index contributed by atoms with van der Waals surface area (Å²) < 4.78 is 0. The van der Waals surface area contributed by atoms with Crippen LogP contribution in [0.1, 0.15) is 81.8 Å².